The number of rotatable bonds is 5. The molecule has 0 aliphatic carbocycles. The fourth-order valence-electron chi connectivity index (χ4n) is 3.60. The number of nitrogens with zero attached hydrogens (tertiary/aromatic N) is 2. The molecule has 0 aromatic carbocycles. The van der Waals surface area contributed by atoms with Gasteiger partial charge >= 0.3 is 0 Å². The van der Waals surface area contributed by atoms with Crippen molar-refractivity contribution in [3.8, 4) is 0 Å². The largest absolute Gasteiger partial charge is 0.341 e. The van der Waals surface area contributed by atoms with E-state index < -0.39 is 0 Å². The molecular formula is C21H33FN2O. The number of aryl methyl sites for hydroxylation is 1. The van der Waals surface area contributed by atoms with Crippen molar-refractivity contribution in [2.24, 2.45) is 12.5 Å². The van der Waals surface area contributed by atoms with Crippen molar-refractivity contribution in [1.29, 1.82) is 0 Å². The molecular weight excluding hydrogens is 315 g/mol. The molecule has 0 saturated heterocycles. The van der Waals surface area contributed by atoms with Crippen LogP contribution in [-0.2, 0) is 20.0 Å². The van der Waals surface area contributed by atoms with Crippen LogP contribution in [0, 0.1) is 11.2 Å². The van der Waals surface area contributed by atoms with Crippen LogP contribution in [0.1, 0.15) is 71.9 Å². The number of fused-ring (bicyclic) bond motifs is 3. The van der Waals surface area contributed by atoms with Gasteiger partial charge in [0.05, 0.1) is 11.2 Å². The first-order valence-corrected chi connectivity index (χ1v) is 9.68. The summed E-state index contributed by atoms with van der Waals surface area (Å²) in [6.45, 7) is 9.52. The molecule has 140 valence electrons. The van der Waals surface area contributed by atoms with Crippen molar-refractivity contribution in [2.45, 2.75) is 79.2 Å². The van der Waals surface area contributed by atoms with Crippen LogP contribution in [-0.4, -0.2) is 9.13 Å². The van der Waals surface area contributed by atoms with E-state index in [1.165, 1.54) is 43.1 Å². The highest BCUT2D eigenvalue weighted by atomic mass is 19.1. The van der Waals surface area contributed by atoms with Gasteiger partial charge in [0.1, 0.15) is 5.39 Å². The molecule has 0 atom stereocenters. The molecule has 0 unspecified atom stereocenters. The van der Waals surface area contributed by atoms with E-state index in [-0.39, 0.29) is 22.2 Å². The summed E-state index contributed by atoms with van der Waals surface area (Å²) in [6, 6.07) is 1.82. The molecule has 0 bridgehead atoms. The van der Waals surface area contributed by atoms with Crippen LogP contribution in [0.5, 0.6) is 0 Å². The van der Waals surface area contributed by atoms with Gasteiger partial charge in [-0.1, -0.05) is 66.2 Å². The maximum Gasteiger partial charge on any atom is 0.262 e. The normalized spacial score (nSPS) is 15.1. The molecule has 25 heavy (non-hydrogen) atoms. The Labute approximate surface area is 150 Å². The maximum absolute atomic E-state index is 14.3. The van der Waals surface area contributed by atoms with Crippen molar-refractivity contribution in [3.63, 3.8) is 0 Å². The molecule has 3 heterocycles. The van der Waals surface area contributed by atoms with Gasteiger partial charge in [-0.3, -0.25) is 4.79 Å². The van der Waals surface area contributed by atoms with Crippen LogP contribution in [0.3, 0.4) is 0 Å². The van der Waals surface area contributed by atoms with Gasteiger partial charge in [-0.15, -0.1) is 0 Å². The Kier molecular flexibility index (Phi) is 6.47. The van der Waals surface area contributed by atoms with E-state index in [9.17, 15) is 9.18 Å². The molecule has 1 aliphatic rings. The monoisotopic (exact) mass is 348 g/mol. The minimum absolute atomic E-state index is 0.0748. The quantitative estimate of drug-likeness (QED) is 0.662. The highest BCUT2D eigenvalue weighted by Gasteiger charge is 2.34. The van der Waals surface area contributed by atoms with Crippen molar-refractivity contribution >= 4 is 10.9 Å². The van der Waals surface area contributed by atoms with Crippen LogP contribution < -0.4 is 5.56 Å². The Bertz CT molecular complexity index is 764. The summed E-state index contributed by atoms with van der Waals surface area (Å²) in [6.07, 6.45) is 10.9. The fraction of sp³-hybridized carbons (Fsp3) is 0.667. The highest BCUT2D eigenvalue weighted by molar-refractivity contribution is 5.81. The number of halogens is 1. The van der Waals surface area contributed by atoms with Gasteiger partial charge < -0.3 is 9.13 Å². The second kappa shape index (κ2) is 8.20. The summed E-state index contributed by atoms with van der Waals surface area (Å²) in [5.74, 6) is -0.327. The molecule has 0 amide bonds. The van der Waals surface area contributed by atoms with Gasteiger partial charge in [0.25, 0.3) is 5.56 Å². The average molecular weight is 349 g/mol. The number of pyridine rings is 1. The van der Waals surface area contributed by atoms with Crippen molar-refractivity contribution < 1.29 is 4.39 Å². The summed E-state index contributed by atoms with van der Waals surface area (Å²) < 4.78 is 17.7. The van der Waals surface area contributed by atoms with E-state index in [0.29, 0.717) is 12.1 Å². The summed E-state index contributed by atoms with van der Waals surface area (Å²) >= 11 is 0. The zero-order chi connectivity index (χ0) is 18.6. The molecule has 1 aliphatic heterocycles. The summed E-state index contributed by atoms with van der Waals surface area (Å²) in [7, 11) is 1.65. The van der Waals surface area contributed by atoms with Crippen LogP contribution in [0.4, 0.5) is 4.39 Å². The molecule has 0 fully saturated rings. The maximum atomic E-state index is 14.3. The van der Waals surface area contributed by atoms with Gasteiger partial charge in [-0.2, -0.15) is 0 Å². The average Bonchev–Trinajstić information content (AvgIpc) is 3.01. The first-order valence-electron chi connectivity index (χ1n) is 9.68. The van der Waals surface area contributed by atoms with E-state index in [2.05, 4.69) is 27.7 Å². The highest BCUT2D eigenvalue weighted by Crippen LogP contribution is 2.37. The van der Waals surface area contributed by atoms with Gasteiger partial charge in [-0.25, -0.2) is 4.39 Å². The standard InChI is InChI=1S/C13H15FN2O.C8H18/c1-13(2)6-9-11(14)10-8(16(9)7-13)4-5-15(3)12(10)17;1-3-5-7-8-6-4-2/h4-5H,6-7H2,1-3H3;3-8H2,1-2H3. The lowest BCUT2D eigenvalue weighted by molar-refractivity contribution is 0.361. The first kappa shape index (κ1) is 19.7. The molecule has 2 aromatic heterocycles. The third-order valence-corrected chi connectivity index (χ3v) is 5.03. The number of hydrogen-bond acceptors (Lipinski definition) is 1. The van der Waals surface area contributed by atoms with Gasteiger partial charge in [0.15, 0.2) is 5.82 Å². The SMILES string of the molecule is CCCCCCCC.Cn1ccc2c(c(F)c3n2CC(C)(C)C3)c1=O. The zero-order valence-electron chi connectivity index (χ0n) is 16.5. The molecule has 0 spiro atoms. The Balaban J connectivity index is 0.000000242. The summed E-state index contributed by atoms with van der Waals surface area (Å²) in [5.41, 5.74) is 1.23. The second-order valence-corrected chi connectivity index (χ2v) is 8.09. The molecule has 3 nitrogen and oxygen atoms in total. The predicted octanol–water partition coefficient (Wildman–Crippen LogP) is 5.43. The number of hydrogen-bond donors (Lipinski definition) is 0. The Morgan fingerprint density at radius 2 is 1.72 bits per heavy atom. The lowest BCUT2D eigenvalue weighted by Gasteiger charge is -2.15. The second-order valence-electron chi connectivity index (χ2n) is 8.09. The topological polar surface area (TPSA) is 26.9 Å². The fourth-order valence-corrected chi connectivity index (χ4v) is 3.60. The lowest BCUT2D eigenvalue weighted by atomic mass is 9.91. The first-order chi connectivity index (χ1) is 11.8. The summed E-state index contributed by atoms with van der Waals surface area (Å²) in [4.78, 5) is 11.9. The molecule has 0 N–H and O–H groups in total. The smallest absolute Gasteiger partial charge is 0.262 e. The molecule has 0 saturated carbocycles. The zero-order valence-corrected chi connectivity index (χ0v) is 16.5. The van der Waals surface area contributed by atoms with E-state index in [0.717, 1.165) is 12.1 Å². The van der Waals surface area contributed by atoms with E-state index in [4.69, 9.17) is 0 Å². The third-order valence-electron chi connectivity index (χ3n) is 5.03. The Hall–Kier alpha value is -1.58. The van der Waals surface area contributed by atoms with Crippen LogP contribution in [0.15, 0.2) is 17.1 Å². The lowest BCUT2D eigenvalue weighted by Crippen LogP contribution is -2.18. The van der Waals surface area contributed by atoms with Crippen molar-refractivity contribution in [3.05, 3.63) is 34.1 Å². The van der Waals surface area contributed by atoms with E-state index in [1.54, 1.807) is 13.2 Å². The molecule has 3 rings (SSSR count). The number of unbranched alkanes of at least 4 members (excludes halogenated alkanes) is 5. The van der Waals surface area contributed by atoms with Gasteiger partial charge in [0, 0.05) is 19.8 Å². The van der Waals surface area contributed by atoms with Crippen molar-refractivity contribution in [2.75, 3.05) is 0 Å². The third kappa shape index (κ3) is 4.34. The van der Waals surface area contributed by atoms with Crippen LogP contribution in [0.2, 0.25) is 0 Å². The Morgan fingerprint density at radius 3 is 2.28 bits per heavy atom. The summed E-state index contributed by atoms with van der Waals surface area (Å²) in [5, 5.41) is 0.237. The minimum atomic E-state index is -0.327. The van der Waals surface area contributed by atoms with E-state index in [1.807, 2.05) is 10.6 Å². The van der Waals surface area contributed by atoms with E-state index >= 15 is 0 Å². The molecule has 2 aromatic rings. The number of aromatic nitrogens is 2. The van der Waals surface area contributed by atoms with Gasteiger partial charge in [0.2, 0.25) is 0 Å². The minimum Gasteiger partial charge on any atom is -0.341 e. The van der Waals surface area contributed by atoms with Crippen molar-refractivity contribution in [1.82, 2.24) is 9.13 Å². The molecule has 0 radical (unpaired) electrons. The predicted molar refractivity (Wildman–Crippen MR) is 104 cm³/mol. The Morgan fingerprint density at radius 1 is 1.12 bits per heavy atom. The van der Waals surface area contributed by atoms with Crippen LogP contribution in [0.25, 0.3) is 10.9 Å². The van der Waals surface area contributed by atoms with Crippen LogP contribution >= 0.6 is 0 Å². The van der Waals surface area contributed by atoms with Gasteiger partial charge in [-0.05, 0) is 17.9 Å². The molecule has 4 heteroatoms.